The second-order valence-corrected chi connectivity index (χ2v) is 7.53. The normalized spacial score (nSPS) is 33.7. The van der Waals surface area contributed by atoms with E-state index in [1.807, 2.05) is 6.92 Å². The van der Waals surface area contributed by atoms with Gasteiger partial charge >= 0.3 is 0 Å². The molecule has 2 heterocycles. The second kappa shape index (κ2) is 6.05. The molecule has 0 bridgehead atoms. The van der Waals surface area contributed by atoms with Gasteiger partial charge in [-0.15, -0.1) is 0 Å². The minimum atomic E-state index is -3.46. The fraction of sp³-hybridized carbons (Fsp3) is 1.00. The van der Waals surface area contributed by atoms with Crippen LogP contribution in [0.3, 0.4) is 0 Å². The summed E-state index contributed by atoms with van der Waals surface area (Å²) >= 11 is 0. The summed E-state index contributed by atoms with van der Waals surface area (Å²) in [5, 5.41) is 9.16. The van der Waals surface area contributed by atoms with Crippen molar-refractivity contribution in [2.24, 2.45) is 5.92 Å². The first-order valence-corrected chi connectivity index (χ1v) is 8.39. The third kappa shape index (κ3) is 3.88. The standard InChI is InChI=1S/C12H24N2O4S/c1-12(5-3-7-18-12)10-13-19(16,17)14-6-2-4-11(8-14)9-15/h11,13,15H,2-10H2,1H3. The maximum atomic E-state index is 12.2. The zero-order chi connectivity index (χ0) is 13.9. The average molecular weight is 292 g/mol. The minimum absolute atomic E-state index is 0.0485. The lowest BCUT2D eigenvalue weighted by Gasteiger charge is -2.32. The molecule has 0 spiro atoms. The van der Waals surface area contributed by atoms with Gasteiger partial charge in [0.1, 0.15) is 0 Å². The molecule has 2 N–H and O–H groups in total. The Kier molecular flexibility index (Phi) is 4.84. The molecule has 2 aliphatic heterocycles. The van der Waals surface area contributed by atoms with E-state index in [-0.39, 0.29) is 18.1 Å². The molecule has 0 aliphatic carbocycles. The van der Waals surface area contributed by atoms with Crippen molar-refractivity contribution in [3.63, 3.8) is 0 Å². The SMILES string of the molecule is CC1(CNS(=O)(=O)N2CCCC(CO)C2)CCCO1. The van der Waals surface area contributed by atoms with Crippen molar-refractivity contribution >= 4 is 10.2 Å². The van der Waals surface area contributed by atoms with Gasteiger partial charge in [-0.3, -0.25) is 0 Å². The van der Waals surface area contributed by atoms with Crippen LogP contribution < -0.4 is 4.72 Å². The molecular weight excluding hydrogens is 268 g/mol. The van der Waals surface area contributed by atoms with E-state index >= 15 is 0 Å². The highest BCUT2D eigenvalue weighted by molar-refractivity contribution is 7.87. The zero-order valence-electron chi connectivity index (χ0n) is 11.5. The monoisotopic (exact) mass is 292 g/mol. The molecule has 2 aliphatic rings. The molecule has 0 aromatic carbocycles. The van der Waals surface area contributed by atoms with Crippen LogP contribution in [0.1, 0.15) is 32.6 Å². The molecule has 6 nitrogen and oxygen atoms in total. The van der Waals surface area contributed by atoms with E-state index in [9.17, 15) is 8.42 Å². The molecule has 2 rings (SSSR count). The first kappa shape index (κ1) is 15.2. The summed E-state index contributed by atoms with van der Waals surface area (Å²) in [7, 11) is -3.46. The summed E-state index contributed by atoms with van der Waals surface area (Å²) < 4.78 is 34.1. The van der Waals surface area contributed by atoms with E-state index < -0.39 is 10.2 Å². The first-order chi connectivity index (χ1) is 8.95. The van der Waals surface area contributed by atoms with Gasteiger partial charge < -0.3 is 9.84 Å². The third-order valence-corrected chi connectivity index (χ3v) is 5.53. The highest BCUT2D eigenvalue weighted by Crippen LogP contribution is 2.25. The van der Waals surface area contributed by atoms with Crippen molar-refractivity contribution < 1.29 is 18.3 Å². The van der Waals surface area contributed by atoms with E-state index in [4.69, 9.17) is 9.84 Å². The summed E-state index contributed by atoms with van der Waals surface area (Å²) in [5.74, 6) is 0.0589. The number of hydrogen-bond donors (Lipinski definition) is 2. The molecule has 2 atom stereocenters. The summed E-state index contributed by atoms with van der Waals surface area (Å²) in [6.07, 6.45) is 3.56. The molecule has 0 aromatic heterocycles. The number of rotatable bonds is 5. The molecule has 7 heteroatoms. The Hall–Kier alpha value is -0.210. The van der Waals surface area contributed by atoms with E-state index in [1.54, 1.807) is 0 Å². The molecule has 0 amide bonds. The summed E-state index contributed by atoms with van der Waals surface area (Å²) in [6.45, 7) is 3.94. The summed E-state index contributed by atoms with van der Waals surface area (Å²) in [6, 6.07) is 0. The maximum absolute atomic E-state index is 12.2. The Morgan fingerprint density at radius 3 is 2.89 bits per heavy atom. The van der Waals surface area contributed by atoms with Gasteiger partial charge in [0.05, 0.1) is 5.60 Å². The predicted octanol–water partition coefficient (Wildman–Crippen LogP) is 0.0942. The van der Waals surface area contributed by atoms with Gasteiger partial charge in [-0.05, 0) is 38.5 Å². The van der Waals surface area contributed by atoms with Gasteiger partial charge in [0.25, 0.3) is 10.2 Å². The first-order valence-electron chi connectivity index (χ1n) is 6.95. The molecule has 0 saturated carbocycles. The lowest BCUT2D eigenvalue weighted by molar-refractivity contribution is 0.0246. The minimum Gasteiger partial charge on any atom is -0.396 e. The largest absolute Gasteiger partial charge is 0.396 e. The number of hydrogen-bond acceptors (Lipinski definition) is 4. The van der Waals surface area contributed by atoms with Gasteiger partial charge in [-0.1, -0.05) is 0 Å². The molecule has 2 fully saturated rings. The number of aliphatic hydroxyl groups excluding tert-OH is 1. The lowest BCUT2D eigenvalue weighted by atomic mass is 10.0. The number of nitrogens with one attached hydrogen (secondary N) is 1. The van der Waals surface area contributed by atoms with Crippen molar-refractivity contribution in [3.8, 4) is 0 Å². The fourth-order valence-electron chi connectivity index (χ4n) is 2.71. The van der Waals surface area contributed by atoms with Crippen molar-refractivity contribution in [3.05, 3.63) is 0 Å². The number of ether oxygens (including phenoxy) is 1. The van der Waals surface area contributed by atoms with E-state index in [0.717, 1.165) is 25.7 Å². The topological polar surface area (TPSA) is 78.9 Å². The van der Waals surface area contributed by atoms with Crippen LogP contribution in [0, 0.1) is 5.92 Å². The Balaban J connectivity index is 1.90. The van der Waals surface area contributed by atoms with Gasteiger partial charge in [-0.25, -0.2) is 0 Å². The Morgan fingerprint density at radius 2 is 2.26 bits per heavy atom. The van der Waals surface area contributed by atoms with E-state index in [1.165, 1.54) is 4.31 Å². The third-order valence-electron chi connectivity index (χ3n) is 4.01. The molecule has 0 radical (unpaired) electrons. The molecule has 112 valence electrons. The van der Waals surface area contributed by atoms with Crippen molar-refractivity contribution in [1.82, 2.24) is 9.03 Å². The van der Waals surface area contributed by atoms with Crippen LogP contribution in [0.5, 0.6) is 0 Å². The zero-order valence-corrected chi connectivity index (χ0v) is 12.3. The Bertz CT molecular complexity index is 393. The molecule has 2 unspecified atom stereocenters. The lowest BCUT2D eigenvalue weighted by Crippen LogP contribution is -2.50. The molecular formula is C12H24N2O4S. The fourth-order valence-corrected chi connectivity index (χ4v) is 4.15. The average Bonchev–Trinajstić information content (AvgIpc) is 2.84. The Morgan fingerprint density at radius 1 is 1.47 bits per heavy atom. The van der Waals surface area contributed by atoms with Gasteiger partial charge in [0, 0.05) is 32.8 Å². The smallest absolute Gasteiger partial charge is 0.279 e. The predicted molar refractivity (Wildman–Crippen MR) is 71.9 cm³/mol. The van der Waals surface area contributed by atoms with Gasteiger partial charge in [0.2, 0.25) is 0 Å². The van der Waals surface area contributed by atoms with Crippen molar-refractivity contribution in [2.75, 3.05) is 32.8 Å². The molecule has 19 heavy (non-hydrogen) atoms. The quantitative estimate of drug-likeness (QED) is 0.753. The van der Waals surface area contributed by atoms with Crippen LogP contribution in [-0.4, -0.2) is 56.3 Å². The van der Waals surface area contributed by atoms with Crippen molar-refractivity contribution in [2.45, 2.75) is 38.2 Å². The van der Waals surface area contributed by atoms with Crippen LogP contribution in [0.4, 0.5) is 0 Å². The number of piperidine rings is 1. The second-order valence-electron chi connectivity index (χ2n) is 5.78. The van der Waals surface area contributed by atoms with E-state index in [2.05, 4.69) is 4.72 Å². The molecule has 2 saturated heterocycles. The number of aliphatic hydroxyl groups is 1. The molecule has 0 aromatic rings. The highest BCUT2D eigenvalue weighted by atomic mass is 32.2. The van der Waals surface area contributed by atoms with Crippen LogP contribution >= 0.6 is 0 Å². The summed E-state index contributed by atoms with van der Waals surface area (Å²) in [5.41, 5.74) is -0.376. The van der Waals surface area contributed by atoms with Crippen molar-refractivity contribution in [1.29, 1.82) is 0 Å². The van der Waals surface area contributed by atoms with Crippen LogP contribution in [-0.2, 0) is 14.9 Å². The highest BCUT2D eigenvalue weighted by Gasteiger charge is 2.34. The van der Waals surface area contributed by atoms with E-state index in [0.29, 0.717) is 26.2 Å². The maximum Gasteiger partial charge on any atom is 0.279 e. The van der Waals surface area contributed by atoms with Gasteiger partial charge in [0.15, 0.2) is 0 Å². The van der Waals surface area contributed by atoms with Crippen LogP contribution in [0.2, 0.25) is 0 Å². The van der Waals surface area contributed by atoms with Gasteiger partial charge in [-0.2, -0.15) is 17.4 Å². The van der Waals surface area contributed by atoms with Crippen LogP contribution in [0.25, 0.3) is 0 Å². The summed E-state index contributed by atoms with van der Waals surface area (Å²) in [4.78, 5) is 0. The van der Waals surface area contributed by atoms with Crippen LogP contribution in [0.15, 0.2) is 0 Å². The number of nitrogens with zero attached hydrogens (tertiary/aromatic N) is 1. The Labute approximate surface area is 115 Å².